The fraction of sp³-hybridized carbons (Fsp3) is 0.346. The number of carboxylic acid groups (broad SMARTS) is 1. The average molecular weight is 450 g/mol. The Morgan fingerprint density at radius 2 is 1.85 bits per heavy atom. The second-order valence-electron chi connectivity index (χ2n) is 8.58. The number of aliphatic carboxylic acids is 1. The Morgan fingerprint density at radius 1 is 1.12 bits per heavy atom. The van der Waals surface area contributed by atoms with Gasteiger partial charge in [-0.05, 0) is 55.9 Å². The molecule has 1 fully saturated rings. The lowest BCUT2D eigenvalue weighted by atomic mass is 9.93. The molecule has 0 saturated carbocycles. The smallest absolute Gasteiger partial charge is 0.336 e. The molecule has 7 heteroatoms. The van der Waals surface area contributed by atoms with Gasteiger partial charge in [-0.3, -0.25) is 9.59 Å². The molecule has 0 radical (unpaired) electrons. The molecule has 1 aromatic heterocycles. The van der Waals surface area contributed by atoms with E-state index in [1.54, 1.807) is 24.0 Å². The van der Waals surface area contributed by atoms with E-state index >= 15 is 0 Å². The van der Waals surface area contributed by atoms with E-state index in [2.05, 4.69) is 0 Å². The first kappa shape index (κ1) is 22.6. The summed E-state index contributed by atoms with van der Waals surface area (Å²) in [5, 5.41) is 9.74. The molecule has 2 aromatic carbocycles. The number of likely N-dealkylation sites (tertiary alicyclic amines) is 1. The number of piperidine rings is 1. The van der Waals surface area contributed by atoms with Crippen molar-refractivity contribution in [3.63, 3.8) is 0 Å². The lowest BCUT2D eigenvalue weighted by Gasteiger charge is -2.33. The van der Waals surface area contributed by atoms with Crippen LogP contribution in [0.15, 0.2) is 57.7 Å². The second-order valence-corrected chi connectivity index (χ2v) is 8.58. The predicted octanol–water partition coefficient (Wildman–Crippen LogP) is 4.25. The minimum Gasteiger partial charge on any atom is -0.481 e. The van der Waals surface area contributed by atoms with Crippen molar-refractivity contribution in [2.75, 3.05) is 13.1 Å². The molecule has 1 atom stereocenters. The number of nitrogens with zero attached hydrogens (tertiary/aromatic N) is 1. The molecular formula is C26H27NO6. The highest BCUT2D eigenvalue weighted by Crippen LogP contribution is 2.32. The summed E-state index contributed by atoms with van der Waals surface area (Å²) >= 11 is 0. The van der Waals surface area contributed by atoms with Gasteiger partial charge < -0.3 is 19.2 Å². The van der Waals surface area contributed by atoms with Gasteiger partial charge in [0.15, 0.2) is 6.10 Å². The maximum Gasteiger partial charge on any atom is 0.336 e. The van der Waals surface area contributed by atoms with Crippen molar-refractivity contribution in [3.8, 4) is 16.9 Å². The van der Waals surface area contributed by atoms with Crippen LogP contribution in [-0.2, 0) is 9.59 Å². The number of carbonyl (C=O) groups is 2. The Labute approximate surface area is 191 Å². The van der Waals surface area contributed by atoms with Gasteiger partial charge in [0.1, 0.15) is 11.3 Å². The zero-order chi connectivity index (χ0) is 23.5. The second kappa shape index (κ2) is 9.48. The van der Waals surface area contributed by atoms with Gasteiger partial charge in [-0.25, -0.2) is 4.79 Å². The topological polar surface area (TPSA) is 97.0 Å². The van der Waals surface area contributed by atoms with Crippen LogP contribution >= 0.6 is 0 Å². The summed E-state index contributed by atoms with van der Waals surface area (Å²) in [7, 11) is 0. The molecule has 0 spiro atoms. The van der Waals surface area contributed by atoms with Crippen LogP contribution in [0.3, 0.4) is 0 Å². The third-order valence-electron chi connectivity index (χ3n) is 6.20. The fourth-order valence-electron chi connectivity index (χ4n) is 4.43. The quantitative estimate of drug-likeness (QED) is 0.565. The number of ether oxygens (including phenoxy) is 1. The van der Waals surface area contributed by atoms with Crippen LogP contribution in [0.1, 0.15) is 31.7 Å². The maximum atomic E-state index is 12.8. The van der Waals surface area contributed by atoms with Gasteiger partial charge in [-0.1, -0.05) is 24.3 Å². The monoisotopic (exact) mass is 449 g/mol. The van der Waals surface area contributed by atoms with Crippen molar-refractivity contribution in [1.29, 1.82) is 0 Å². The lowest BCUT2D eigenvalue weighted by molar-refractivity contribution is -0.140. The van der Waals surface area contributed by atoms with Crippen LogP contribution in [0.5, 0.6) is 5.75 Å². The number of hydrogen-bond acceptors (Lipinski definition) is 5. The van der Waals surface area contributed by atoms with Gasteiger partial charge in [-0.15, -0.1) is 0 Å². The number of fused-ring (bicyclic) bond motifs is 1. The molecule has 172 valence electrons. The number of hydrogen-bond donors (Lipinski definition) is 1. The summed E-state index contributed by atoms with van der Waals surface area (Å²) in [6.07, 6.45) is 0.770. The molecule has 1 aliphatic heterocycles. The van der Waals surface area contributed by atoms with Crippen molar-refractivity contribution < 1.29 is 23.8 Å². The van der Waals surface area contributed by atoms with Crippen LogP contribution in [0.2, 0.25) is 0 Å². The normalized spacial score (nSPS) is 15.4. The highest BCUT2D eigenvalue weighted by molar-refractivity contribution is 5.94. The van der Waals surface area contributed by atoms with Gasteiger partial charge in [-0.2, -0.15) is 0 Å². The van der Waals surface area contributed by atoms with Gasteiger partial charge >= 0.3 is 11.6 Å². The Bertz CT molecular complexity index is 1240. The molecule has 3 aromatic rings. The SMILES string of the molecule is Cc1ccccc1-c1cc(=O)oc2cc(OC(C)C(=O)N3CCC(CC(=O)O)CC3)ccc12. The summed E-state index contributed by atoms with van der Waals surface area (Å²) in [6.45, 7) is 4.73. The first-order chi connectivity index (χ1) is 15.8. The fourth-order valence-corrected chi connectivity index (χ4v) is 4.43. The molecule has 0 bridgehead atoms. The van der Waals surface area contributed by atoms with E-state index in [1.807, 2.05) is 37.3 Å². The van der Waals surface area contributed by atoms with E-state index in [0.717, 1.165) is 22.1 Å². The molecule has 1 N–H and O–H groups in total. The number of carbonyl (C=O) groups excluding carboxylic acids is 1. The highest BCUT2D eigenvalue weighted by Gasteiger charge is 2.28. The standard InChI is InChI=1S/C26H27NO6/c1-16-5-3-4-6-20(16)22-15-25(30)33-23-14-19(7-8-21(22)23)32-17(2)26(31)27-11-9-18(10-12-27)13-24(28)29/h3-8,14-15,17-18H,9-13H2,1-2H3,(H,28,29). The number of rotatable bonds is 6. The van der Waals surface area contributed by atoms with Gasteiger partial charge in [0.25, 0.3) is 5.91 Å². The van der Waals surface area contributed by atoms with E-state index in [9.17, 15) is 14.4 Å². The van der Waals surface area contributed by atoms with Crippen LogP contribution in [0.25, 0.3) is 22.1 Å². The predicted molar refractivity (Wildman–Crippen MR) is 124 cm³/mol. The van der Waals surface area contributed by atoms with Gasteiger partial charge in [0, 0.05) is 42.6 Å². The van der Waals surface area contributed by atoms with E-state index in [4.69, 9.17) is 14.3 Å². The zero-order valence-corrected chi connectivity index (χ0v) is 18.7. The first-order valence-electron chi connectivity index (χ1n) is 11.1. The summed E-state index contributed by atoms with van der Waals surface area (Å²) in [5.74, 6) is -0.396. The molecule has 33 heavy (non-hydrogen) atoms. The summed E-state index contributed by atoms with van der Waals surface area (Å²) in [4.78, 5) is 37.7. The third-order valence-corrected chi connectivity index (χ3v) is 6.20. The van der Waals surface area contributed by atoms with Crippen molar-refractivity contribution >= 4 is 22.8 Å². The van der Waals surface area contributed by atoms with E-state index in [-0.39, 0.29) is 18.2 Å². The van der Waals surface area contributed by atoms with Crippen LogP contribution in [-0.4, -0.2) is 41.1 Å². The van der Waals surface area contributed by atoms with Crippen LogP contribution in [0.4, 0.5) is 0 Å². The summed E-state index contributed by atoms with van der Waals surface area (Å²) in [5.41, 5.74) is 2.74. The Kier molecular flexibility index (Phi) is 6.49. The number of benzene rings is 2. The minimum absolute atomic E-state index is 0.105. The molecule has 1 unspecified atom stereocenters. The van der Waals surface area contributed by atoms with Crippen molar-refractivity contribution in [2.45, 2.75) is 39.2 Å². The molecule has 4 rings (SSSR count). The molecule has 1 saturated heterocycles. The average Bonchev–Trinajstić information content (AvgIpc) is 2.78. The molecule has 7 nitrogen and oxygen atoms in total. The first-order valence-corrected chi connectivity index (χ1v) is 11.1. The van der Waals surface area contributed by atoms with Gasteiger partial charge in [0.05, 0.1) is 0 Å². The van der Waals surface area contributed by atoms with E-state index in [1.165, 1.54) is 6.07 Å². The number of aryl methyl sites for hydroxylation is 1. The minimum atomic E-state index is -0.801. The maximum absolute atomic E-state index is 12.8. The molecular weight excluding hydrogens is 422 g/mol. The Balaban J connectivity index is 1.50. The summed E-state index contributed by atoms with van der Waals surface area (Å²) in [6, 6.07) is 14.6. The van der Waals surface area contributed by atoms with E-state index < -0.39 is 17.7 Å². The van der Waals surface area contributed by atoms with Crippen LogP contribution in [0, 0.1) is 12.8 Å². The zero-order valence-electron chi connectivity index (χ0n) is 18.7. The van der Waals surface area contributed by atoms with Crippen molar-refractivity contribution in [3.05, 3.63) is 64.5 Å². The van der Waals surface area contributed by atoms with Gasteiger partial charge in [0.2, 0.25) is 0 Å². The van der Waals surface area contributed by atoms with Crippen LogP contribution < -0.4 is 10.4 Å². The largest absolute Gasteiger partial charge is 0.481 e. The van der Waals surface area contributed by atoms with Crippen molar-refractivity contribution in [2.24, 2.45) is 5.92 Å². The highest BCUT2D eigenvalue weighted by atomic mass is 16.5. The molecule has 0 aliphatic carbocycles. The Morgan fingerprint density at radius 3 is 2.55 bits per heavy atom. The summed E-state index contributed by atoms with van der Waals surface area (Å²) < 4.78 is 11.3. The Hall–Kier alpha value is -3.61. The molecule has 1 aliphatic rings. The number of amides is 1. The van der Waals surface area contributed by atoms with Crippen molar-refractivity contribution in [1.82, 2.24) is 4.90 Å². The third kappa shape index (κ3) is 5.08. The lowest BCUT2D eigenvalue weighted by Crippen LogP contribution is -2.45. The molecule has 2 heterocycles. The number of carboxylic acids is 1. The molecule has 1 amide bonds. The van der Waals surface area contributed by atoms with E-state index in [0.29, 0.717) is 37.3 Å².